The maximum Gasteiger partial charge on any atom is 0.252 e. The third-order valence-electron chi connectivity index (χ3n) is 3.75. The third kappa shape index (κ3) is 3.16. The highest BCUT2D eigenvalue weighted by Crippen LogP contribution is 2.27. The molecule has 1 atom stereocenters. The van der Waals surface area contributed by atoms with Crippen LogP contribution in [0.1, 0.15) is 34.8 Å². The SMILES string of the molecule is O=C(C[C@H]1NC(=O)c2ccccc21)NCCCn1ccnc1. The van der Waals surface area contributed by atoms with Gasteiger partial charge >= 0.3 is 0 Å². The molecule has 2 N–H and O–H groups in total. The van der Waals surface area contributed by atoms with Crippen molar-refractivity contribution in [1.29, 1.82) is 0 Å². The second kappa shape index (κ2) is 6.43. The summed E-state index contributed by atoms with van der Waals surface area (Å²) in [6.07, 6.45) is 6.50. The topological polar surface area (TPSA) is 76.0 Å². The first kappa shape index (κ1) is 14.3. The van der Waals surface area contributed by atoms with E-state index in [1.807, 2.05) is 29.0 Å². The molecule has 1 aliphatic rings. The van der Waals surface area contributed by atoms with E-state index < -0.39 is 0 Å². The van der Waals surface area contributed by atoms with Gasteiger partial charge in [0, 0.05) is 31.0 Å². The molecule has 0 spiro atoms. The first-order valence-corrected chi connectivity index (χ1v) is 7.36. The second-order valence-corrected chi connectivity index (χ2v) is 5.32. The van der Waals surface area contributed by atoms with Crippen LogP contribution in [0, 0.1) is 0 Å². The van der Waals surface area contributed by atoms with Gasteiger partial charge in [-0.15, -0.1) is 0 Å². The number of amides is 2. The predicted octanol–water partition coefficient (Wildman–Crippen LogP) is 1.26. The van der Waals surface area contributed by atoms with E-state index in [2.05, 4.69) is 15.6 Å². The van der Waals surface area contributed by atoms with E-state index in [0.717, 1.165) is 18.5 Å². The smallest absolute Gasteiger partial charge is 0.252 e. The number of nitrogens with one attached hydrogen (secondary N) is 2. The first-order valence-electron chi connectivity index (χ1n) is 7.36. The van der Waals surface area contributed by atoms with Gasteiger partial charge in [0.05, 0.1) is 18.8 Å². The van der Waals surface area contributed by atoms with E-state index in [0.29, 0.717) is 12.1 Å². The number of fused-ring (bicyclic) bond motifs is 1. The average molecular weight is 298 g/mol. The molecule has 0 fully saturated rings. The average Bonchev–Trinajstić information content (AvgIpc) is 3.13. The Bertz CT molecular complexity index is 667. The molecule has 0 unspecified atom stereocenters. The molecular weight excluding hydrogens is 280 g/mol. The van der Waals surface area contributed by atoms with Gasteiger partial charge in [0.15, 0.2) is 0 Å². The zero-order valence-corrected chi connectivity index (χ0v) is 12.2. The second-order valence-electron chi connectivity index (χ2n) is 5.32. The minimum atomic E-state index is -0.225. The van der Waals surface area contributed by atoms with E-state index in [4.69, 9.17) is 0 Å². The number of imidazole rings is 1. The van der Waals surface area contributed by atoms with Gasteiger partial charge in [-0.25, -0.2) is 4.98 Å². The number of benzene rings is 1. The Morgan fingerprint density at radius 1 is 1.36 bits per heavy atom. The molecule has 0 saturated carbocycles. The van der Waals surface area contributed by atoms with E-state index in [1.54, 1.807) is 18.6 Å². The molecule has 6 nitrogen and oxygen atoms in total. The van der Waals surface area contributed by atoms with Crippen LogP contribution in [0.15, 0.2) is 43.0 Å². The van der Waals surface area contributed by atoms with Crippen LogP contribution in [-0.2, 0) is 11.3 Å². The van der Waals surface area contributed by atoms with Crippen molar-refractivity contribution in [3.8, 4) is 0 Å². The van der Waals surface area contributed by atoms with E-state index >= 15 is 0 Å². The number of nitrogens with zero attached hydrogens (tertiary/aromatic N) is 2. The molecule has 22 heavy (non-hydrogen) atoms. The van der Waals surface area contributed by atoms with Crippen LogP contribution in [0.3, 0.4) is 0 Å². The van der Waals surface area contributed by atoms with Crippen LogP contribution < -0.4 is 10.6 Å². The number of carbonyl (C=O) groups excluding carboxylic acids is 2. The van der Waals surface area contributed by atoms with Crippen LogP contribution in [0.5, 0.6) is 0 Å². The highest BCUT2D eigenvalue weighted by Gasteiger charge is 2.29. The van der Waals surface area contributed by atoms with E-state index in [-0.39, 0.29) is 24.3 Å². The molecule has 0 saturated heterocycles. The summed E-state index contributed by atoms with van der Waals surface area (Å²) >= 11 is 0. The molecule has 1 aromatic carbocycles. The van der Waals surface area contributed by atoms with Crippen molar-refractivity contribution < 1.29 is 9.59 Å². The summed E-state index contributed by atoms with van der Waals surface area (Å²) in [7, 11) is 0. The summed E-state index contributed by atoms with van der Waals surface area (Å²) in [6.45, 7) is 1.43. The minimum Gasteiger partial charge on any atom is -0.356 e. The van der Waals surface area contributed by atoms with Crippen LogP contribution >= 0.6 is 0 Å². The van der Waals surface area contributed by atoms with E-state index in [9.17, 15) is 9.59 Å². The van der Waals surface area contributed by atoms with Crippen molar-refractivity contribution in [3.05, 3.63) is 54.1 Å². The summed E-state index contributed by atoms with van der Waals surface area (Å²) in [6, 6.07) is 7.17. The van der Waals surface area contributed by atoms with Crippen molar-refractivity contribution in [2.24, 2.45) is 0 Å². The number of rotatable bonds is 6. The molecule has 114 valence electrons. The fourth-order valence-electron chi connectivity index (χ4n) is 2.65. The van der Waals surface area contributed by atoms with Gasteiger partial charge in [0.1, 0.15) is 0 Å². The molecule has 2 heterocycles. The number of carbonyl (C=O) groups is 2. The van der Waals surface area contributed by atoms with Crippen molar-refractivity contribution in [2.75, 3.05) is 6.54 Å². The fourth-order valence-corrected chi connectivity index (χ4v) is 2.65. The molecule has 1 aliphatic heterocycles. The quantitative estimate of drug-likeness (QED) is 0.788. The number of hydrogen-bond donors (Lipinski definition) is 2. The highest BCUT2D eigenvalue weighted by atomic mass is 16.2. The molecule has 0 bridgehead atoms. The third-order valence-corrected chi connectivity index (χ3v) is 3.75. The lowest BCUT2D eigenvalue weighted by molar-refractivity contribution is -0.121. The molecule has 2 amide bonds. The van der Waals surface area contributed by atoms with Gasteiger partial charge in [0.2, 0.25) is 5.91 Å². The van der Waals surface area contributed by atoms with Gasteiger partial charge in [0.25, 0.3) is 5.91 Å². The van der Waals surface area contributed by atoms with Crippen LogP contribution in [0.25, 0.3) is 0 Å². The number of aromatic nitrogens is 2. The Morgan fingerprint density at radius 2 is 2.23 bits per heavy atom. The van der Waals surface area contributed by atoms with Gasteiger partial charge < -0.3 is 15.2 Å². The van der Waals surface area contributed by atoms with Crippen LogP contribution in [0.2, 0.25) is 0 Å². The summed E-state index contributed by atoms with van der Waals surface area (Å²) in [4.78, 5) is 27.8. The van der Waals surface area contributed by atoms with Gasteiger partial charge in [-0.2, -0.15) is 0 Å². The Balaban J connectivity index is 1.45. The molecular formula is C16H18N4O2. The van der Waals surface area contributed by atoms with Crippen molar-refractivity contribution in [1.82, 2.24) is 20.2 Å². The zero-order valence-electron chi connectivity index (χ0n) is 12.2. The maximum atomic E-state index is 12.0. The Labute approximate surface area is 128 Å². The lowest BCUT2D eigenvalue weighted by Crippen LogP contribution is -2.30. The molecule has 0 radical (unpaired) electrons. The van der Waals surface area contributed by atoms with Crippen molar-refractivity contribution in [2.45, 2.75) is 25.4 Å². The first-order chi connectivity index (χ1) is 10.7. The van der Waals surface area contributed by atoms with Gasteiger partial charge in [-0.05, 0) is 18.1 Å². The summed E-state index contributed by atoms with van der Waals surface area (Å²) in [5.41, 5.74) is 1.57. The van der Waals surface area contributed by atoms with Gasteiger partial charge in [-0.3, -0.25) is 9.59 Å². The predicted molar refractivity (Wildman–Crippen MR) is 81.1 cm³/mol. The lowest BCUT2D eigenvalue weighted by atomic mass is 10.0. The number of hydrogen-bond acceptors (Lipinski definition) is 3. The van der Waals surface area contributed by atoms with Crippen molar-refractivity contribution in [3.63, 3.8) is 0 Å². The van der Waals surface area contributed by atoms with E-state index in [1.165, 1.54) is 0 Å². The Hall–Kier alpha value is -2.63. The summed E-state index contributed by atoms with van der Waals surface area (Å²) in [5, 5.41) is 5.74. The Morgan fingerprint density at radius 3 is 3.05 bits per heavy atom. The monoisotopic (exact) mass is 298 g/mol. The molecule has 2 aromatic rings. The van der Waals surface area contributed by atoms with Gasteiger partial charge in [-0.1, -0.05) is 18.2 Å². The molecule has 6 heteroatoms. The standard InChI is InChI=1S/C16H18N4O2/c21-15(18-6-3-8-20-9-7-17-11-20)10-14-12-4-1-2-5-13(12)16(22)19-14/h1-2,4-5,7,9,11,14H,3,6,8,10H2,(H,18,21)(H,19,22)/t14-/m1/s1. The fraction of sp³-hybridized carbons (Fsp3) is 0.312. The summed E-state index contributed by atoms with van der Waals surface area (Å²) in [5.74, 6) is -0.152. The molecule has 0 aliphatic carbocycles. The summed E-state index contributed by atoms with van der Waals surface area (Å²) < 4.78 is 1.97. The zero-order chi connectivity index (χ0) is 15.4. The van der Waals surface area contributed by atoms with Crippen molar-refractivity contribution >= 4 is 11.8 Å². The Kier molecular flexibility index (Phi) is 4.18. The molecule has 3 rings (SSSR count). The molecule has 1 aromatic heterocycles. The lowest BCUT2D eigenvalue weighted by Gasteiger charge is -2.12. The van der Waals surface area contributed by atoms with Crippen LogP contribution in [-0.4, -0.2) is 27.9 Å². The number of aryl methyl sites for hydroxylation is 1. The normalized spacial score (nSPS) is 16.2. The highest BCUT2D eigenvalue weighted by molar-refractivity contribution is 5.99. The maximum absolute atomic E-state index is 12.0. The minimum absolute atomic E-state index is 0.0485. The van der Waals surface area contributed by atoms with Crippen LogP contribution in [0.4, 0.5) is 0 Å². The largest absolute Gasteiger partial charge is 0.356 e.